The smallest absolute Gasteiger partial charge is 0.312 e. The fourth-order valence-electron chi connectivity index (χ4n) is 3.15. The van der Waals surface area contributed by atoms with E-state index in [4.69, 9.17) is 4.74 Å². The first-order valence-corrected chi connectivity index (χ1v) is 8.80. The standard InChI is InChI=1S/C14H28O3P/c1-7-8-9-17-12(15)10-18(16)13(3,4)11(2)14(18,5)6/h11,16H,7-10H2,1-6H3. The van der Waals surface area contributed by atoms with Gasteiger partial charge >= 0.3 is 5.97 Å². The van der Waals surface area contributed by atoms with Gasteiger partial charge in [0.15, 0.2) is 0 Å². The molecule has 1 fully saturated rings. The molecule has 107 valence electrons. The predicted molar refractivity (Wildman–Crippen MR) is 77.2 cm³/mol. The second-order valence-corrected chi connectivity index (χ2v) is 10.7. The number of carbonyl (C=O) groups excluding carboxylic acids is 1. The molecule has 1 rings (SSSR count). The zero-order valence-corrected chi connectivity index (χ0v) is 13.5. The highest BCUT2D eigenvalue weighted by Gasteiger charge is 2.68. The van der Waals surface area contributed by atoms with Crippen molar-refractivity contribution >= 4 is 13.5 Å². The van der Waals surface area contributed by atoms with Gasteiger partial charge in [-0.25, -0.2) is 0 Å². The Morgan fingerprint density at radius 2 is 1.78 bits per heavy atom. The molecule has 0 unspecified atom stereocenters. The van der Waals surface area contributed by atoms with Crippen LogP contribution in [0.25, 0.3) is 0 Å². The van der Waals surface area contributed by atoms with Crippen molar-refractivity contribution in [2.75, 3.05) is 12.8 Å². The molecule has 1 N–H and O–H groups in total. The van der Waals surface area contributed by atoms with Crippen LogP contribution in [0.1, 0.15) is 54.4 Å². The largest absolute Gasteiger partial charge is 0.465 e. The SMILES string of the molecule is CCCCOC(=O)C[P]1(O)C(C)(C)C(C)C1(C)C. The van der Waals surface area contributed by atoms with Crippen molar-refractivity contribution in [3.63, 3.8) is 0 Å². The third-order valence-electron chi connectivity index (χ3n) is 5.15. The highest BCUT2D eigenvalue weighted by molar-refractivity contribution is 7.75. The van der Waals surface area contributed by atoms with Gasteiger partial charge in [0.1, 0.15) is 0 Å². The fraction of sp³-hybridized carbons (Fsp3) is 0.929. The van der Waals surface area contributed by atoms with Crippen molar-refractivity contribution < 1.29 is 14.4 Å². The van der Waals surface area contributed by atoms with Gasteiger partial charge in [-0.05, 0) is 12.3 Å². The molecule has 0 aliphatic carbocycles. The summed E-state index contributed by atoms with van der Waals surface area (Å²) in [6.45, 7) is 13.0. The highest BCUT2D eigenvalue weighted by atomic mass is 31.2. The number of carbonyl (C=O) groups is 1. The van der Waals surface area contributed by atoms with Crippen LogP contribution in [0.5, 0.6) is 0 Å². The van der Waals surface area contributed by atoms with E-state index in [1.54, 1.807) is 0 Å². The molecule has 18 heavy (non-hydrogen) atoms. The Bertz CT molecular complexity index is 307. The van der Waals surface area contributed by atoms with Crippen LogP contribution < -0.4 is 0 Å². The fourth-order valence-corrected chi connectivity index (χ4v) is 7.64. The molecule has 0 aromatic rings. The van der Waals surface area contributed by atoms with Gasteiger partial charge in [0, 0.05) is 17.8 Å². The topological polar surface area (TPSA) is 46.5 Å². The van der Waals surface area contributed by atoms with E-state index < -0.39 is 7.49 Å². The first kappa shape index (κ1) is 15.9. The normalized spacial score (nSPS) is 32.7. The number of hydrogen-bond donors (Lipinski definition) is 1. The Morgan fingerprint density at radius 3 is 2.22 bits per heavy atom. The minimum absolute atomic E-state index is 0.139. The summed E-state index contributed by atoms with van der Waals surface area (Å²) in [4.78, 5) is 22.8. The van der Waals surface area contributed by atoms with E-state index in [1.807, 2.05) is 0 Å². The molecule has 1 saturated heterocycles. The van der Waals surface area contributed by atoms with Crippen LogP contribution in [0.3, 0.4) is 0 Å². The Morgan fingerprint density at radius 1 is 1.28 bits per heavy atom. The number of esters is 1. The summed E-state index contributed by atoms with van der Waals surface area (Å²) in [5.74, 6) is 0.194. The summed E-state index contributed by atoms with van der Waals surface area (Å²) in [6, 6.07) is 0. The van der Waals surface area contributed by atoms with Crippen molar-refractivity contribution in [1.29, 1.82) is 0 Å². The van der Waals surface area contributed by atoms with E-state index in [0.29, 0.717) is 12.5 Å². The quantitative estimate of drug-likeness (QED) is 0.475. The Kier molecular flexibility index (Phi) is 4.50. The molecular weight excluding hydrogens is 247 g/mol. The molecule has 1 heterocycles. The maximum Gasteiger partial charge on any atom is 0.312 e. The summed E-state index contributed by atoms with van der Waals surface area (Å²) in [7, 11) is -2.28. The molecular formula is C14H28O3P. The lowest BCUT2D eigenvalue weighted by Gasteiger charge is -2.70. The first-order chi connectivity index (χ1) is 8.11. The molecule has 3 nitrogen and oxygen atoms in total. The van der Waals surface area contributed by atoms with Gasteiger partial charge in [-0.2, -0.15) is 0 Å². The zero-order chi connectivity index (χ0) is 14.2. The summed E-state index contributed by atoms with van der Waals surface area (Å²) in [5.41, 5.74) is 0. The van der Waals surface area contributed by atoms with Gasteiger partial charge in [-0.1, -0.05) is 48.0 Å². The van der Waals surface area contributed by atoms with E-state index in [2.05, 4.69) is 41.5 Å². The van der Waals surface area contributed by atoms with E-state index in [0.717, 1.165) is 12.8 Å². The zero-order valence-electron chi connectivity index (χ0n) is 12.6. The van der Waals surface area contributed by atoms with Crippen molar-refractivity contribution in [2.45, 2.75) is 64.7 Å². The van der Waals surface area contributed by atoms with Gasteiger partial charge in [0.05, 0.1) is 12.8 Å². The lowest BCUT2D eigenvalue weighted by atomic mass is 9.83. The van der Waals surface area contributed by atoms with Crippen LogP contribution >= 0.6 is 7.49 Å². The number of unbranched alkanes of at least 4 members (excludes halogenated alkanes) is 1. The Balaban J connectivity index is 2.67. The third kappa shape index (κ3) is 2.20. The predicted octanol–water partition coefficient (Wildman–Crippen LogP) is 3.46. The second kappa shape index (κ2) is 5.09. The molecule has 0 saturated carbocycles. The van der Waals surface area contributed by atoms with Crippen LogP contribution in [0.2, 0.25) is 0 Å². The molecule has 0 spiro atoms. The number of rotatable bonds is 5. The molecule has 0 aromatic heterocycles. The van der Waals surface area contributed by atoms with Crippen molar-refractivity contribution in [2.24, 2.45) is 5.92 Å². The number of ether oxygens (including phenoxy) is 1. The van der Waals surface area contributed by atoms with Crippen LogP contribution in [-0.4, -0.2) is 33.9 Å². The van der Waals surface area contributed by atoms with Crippen LogP contribution in [-0.2, 0) is 9.53 Å². The van der Waals surface area contributed by atoms with Crippen molar-refractivity contribution in [1.82, 2.24) is 0 Å². The summed E-state index contributed by atoms with van der Waals surface area (Å²) < 4.78 is 5.20. The summed E-state index contributed by atoms with van der Waals surface area (Å²) in [6.07, 6.45) is 2.12. The first-order valence-electron chi connectivity index (χ1n) is 6.88. The molecule has 1 radical (unpaired) electrons. The Hall–Kier alpha value is -0.140. The molecule has 1 aliphatic rings. The summed E-state index contributed by atoms with van der Waals surface area (Å²) >= 11 is 0. The van der Waals surface area contributed by atoms with E-state index in [-0.39, 0.29) is 22.4 Å². The average Bonchev–Trinajstić information content (AvgIpc) is 2.27. The number of hydrogen-bond acceptors (Lipinski definition) is 3. The van der Waals surface area contributed by atoms with Crippen LogP contribution in [0.4, 0.5) is 0 Å². The maximum atomic E-state index is 11.9. The van der Waals surface area contributed by atoms with Gasteiger partial charge in [0.2, 0.25) is 0 Å². The van der Waals surface area contributed by atoms with Crippen LogP contribution in [0.15, 0.2) is 0 Å². The average molecular weight is 275 g/mol. The monoisotopic (exact) mass is 275 g/mol. The van der Waals surface area contributed by atoms with Gasteiger partial charge in [-0.3, -0.25) is 4.79 Å². The lowest BCUT2D eigenvalue weighted by Crippen LogP contribution is -2.62. The molecule has 0 aromatic carbocycles. The third-order valence-corrected chi connectivity index (χ3v) is 10.4. The minimum Gasteiger partial charge on any atom is -0.465 e. The van der Waals surface area contributed by atoms with E-state index >= 15 is 0 Å². The molecule has 0 atom stereocenters. The second-order valence-electron chi connectivity index (χ2n) is 6.53. The molecule has 0 bridgehead atoms. The van der Waals surface area contributed by atoms with Gasteiger partial charge in [0.25, 0.3) is 0 Å². The molecule has 4 heteroatoms. The van der Waals surface area contributed by atoms with E-state index in [1.165, 1.54) is 0 Å². The van der Waals surface area contributed by atoms with Gasteiger partial charge in [-0.15, -0.1) is 0 Å². The maximum absolute atomic E-state index is 11.9. The highest BCUT2D eigenvalue weighted by Crippen LogP contribution is 2.87. The van der Waals surface area contributed by atoms with Gasteiger partial charge < -0.3 is 9.63 Å². The van der Waals surface area contributed by atoms with E-state index in [9.17, 15) is 9.69 Å². The lowest BCUT2D eigenvalue weighted by molar-refractivity contribution is -0.140. The Labute approximate surface area is 112 Å². The van der Waals surface area contributed by atoms with Crippen molar-refractivity contribution in [3.8, 4) is 0 Å². The molecule has 1 aliphatic heterocycles. The van der Waals surface area contributed by atoms with Crippen molar-refractivity contribution in [3.05, 3.63) is 0 Å². The minimum atomic E-state index is -2.28. The van der Waals surface area contributed by atoms with Crippen LogP contribution in [0, 0.1) is 5.92 Å². The summed E-state index contributed by atoms with van der Waals surface area (Å²) in [5, 5.41) is -0.277. The molecule has 0 amide bonds.